The lowest BCUT2D eigenvalue weighted by atomic mass is 10.2. The van der Waals surface area contributed by atoms with Gasteiger partial charge in [0.2, 0.25) is 0 Å². The second-order valence-corrected chi connectivity index (χ2v) is 4.36. The van der Waals surface area contributed by atoms with Crippen LogP contribution in [0.2, 0.25) is 5.02 Å². The Morgan fingerprint density at radius 2 is 2.17 bits per heavy atom. The van der Waals surface area contributed by atoms with Gasteiger partial charge >= 0.3 is 5.97 Å². The maximum atomic E-state index is 10.4. The average molecular weight is 267 g/mol. The van der Waals surface area contributed by atoms with E-state index in [0.29, 0.717) is 17.4 Å². The second kappa shape index (κ2) is 6.87. The first-order valence-electron chi connectivity index (χ1n) is 5.46. The van der Waals surface area contributed by atoms with Gasteiger partial charge in [0.1, 0.15) is 12.4 Å². The summed E-state index contributed by atoms with van der Waals surface area (Å²) in [5.74, 6) is -0.406. The lowest BCUT2D eigenvalue weighted by Crippen LogP contribution is -1.95. The molecule has 1 aromatic rings. The van der Waals surface area contributed by atoms with Gasteiger partial charge < -0.3 is 9.84 Å². The van der Waals surface area contributed by atoms with Crippen molar-refractivity contribution in [1.29, 1.82) is 0 Å². The van der Waals surface area contributed by atoms with Gasteiger partial charge in [0.15, 0.2) is 0 Å². The number of carboxylic acid groups (broad SMARTS) is 1. The SMILES string of the molecule is CC(C)=CCOc1ccc(/C=C/C(=O)O)cc1Cl. The summed E-state index contributed by atoms with van der Waals surface area (Å²) >= 11 is 6.03. The summed E-state index contributed by atoms with van der Waals surface area (Å²) < 4.78 is 5.48. The normalized spacial score (nSPS) is 10.4. The molecule has 0 bridgehead atoms. The Hall–Kier alpha value is -1.74. The van der Waals surface area contributed by atoms with Crippen LogP contribution in [0.4, 0.5) is 0 Å². The molecule has 96 valence electrons. The van der Waals surface area contributed by atoms with Gasteiger partial charge in [0.05, 0.1) is 5.02 Å². The Kier molecular flexibility index (Phi) is 5.46. The lowest BCUT2D eigenvalue weighted by molar-refractivity contribution is -0.131. The number of carbonyl (C=O) groups is 1. The van der Waals surface area contributed by atoms with Crippen molar-refractivity contribution in [2.45, 2.75) is 13.8 Å². The number of rotatable bonds is 5. The molecule has 0 aliphatic carbocycles. The summed E-state index contributed by atoms with van der Waals surface area (Å²) in [6, 6.07) is 5.14. The van der Waals surface area contributed by atoms with Crippen LogP contribution in [0.15, 0.2) is 35.9 Å². The van der Waals surface area contributed by atoms with Crippen molar-refractivity contribution in [3.05, 3.63) is 46.5 Å². The van der Waals surface area contributed by atoms with E-state index in [4.69, 9.17) is 21.4 Å². The van der Waals surface area contributed by atoms with Crippen molar-refractivity contribution in [3.8, 4) is 5.75 Å². The number of allylic oxidation sites excluding steroid dienone is 1. The zero-order valence-corrected chi connectivity index (χ0v) is 11.1. The molecule has 0 aliphatic heterocycles. The minimum atomic E-state index is -0.991. The molecule has 0 spiro atoms. The molecule has 0 saturated carbocycles. The monoisotopic (exact) mass is 266 g/mol. The minimum absolute atomic E-state index is 0.463. The highest BCUT2D eigenvalue weighted by atomic mass is 35.5. The third kappa shape index (κ3) is 5.06. The van der Waals surface area contributed by atoms with Crippen LogP contribution in [-0.4, -0.2) is 17.7 Å². The molecule has 0 atom stereocenters. The van der Waals surface area contributed by atoms with Crippen molar-refractivity contribution < 1.29 is 14.6 Å². The number of benzene rings is 1. The standard InChI is InChI=1S/C14H15ClO3/c1-10(2)7-8-18-13-5-3-11(9-12(13)15)4-6-14(16)17/h3-7,9H,8H2,1-2H3,(H,16,17)/b6-4+. The van der Waals surface area contributed by atoms with E-state index in [2.05, 4.69) is 0 Å². The zero-order chi connectivity index (χ0) is 13.5. The molecule has 4 heteroatoms. The summed E-state index contributed by atoms with van der Waals surface area (Å²) in [6.45, 7) is 4.45. The molecule has 1 N–H and O–H groups in total. The van der Waals surface area contributed by atoms with Gasteiger partial charge in [-0.15, -0.1) is 0 Å². The highest BCUT2D eigenvalue weighted by Crippen LogP contribution is 2.26. The fraction of sp³-hybridized carbons (Fsp3) is 0.214. The van der Waals surface area contributed by atoms with Gasteiger partial charge in [-0.3, -0.25) is 0 Å². The van der Waals surface area contributed by atoms with Gasteiger partial charge in [-0.05, 0) is 43.7 Å². The Morgan fingerprint density at radius 3 is 2.72 bits per heavy atom. The van der Waals surface area contributed by atoms with Crippen molar-refractivity contribution in [3.63, 3.8) is 0 Å². The van der Waals surface area contributed by atoms with Crippen LogP contribution in [0.3, 0.4) is 0 Å². The molecular formula is C14H15ClO3. The molecule has 1 rings (SSSR count). The molecule has 18 heavy (non-hydrogen) atoms. The Bertz CT molecular complexity index is 486. The van der Waals surface area contributed by atoms with Crippen molar-refractivity contribution in [2.24, 2.45) is 0 Å². The first-order chi connectivity index (χ1) is 8.49. The van der Waals surface area contributed by atoms with Crippen LogP contribution in [0.5, 0.6) is 5.75 Å². The summed E-state index contributed by atoms with van der Waals surface area (Å²) in [5, 5.41) is 8.98. The van der Waals surface area contributed by atoms with Gasteiger partial charge in [0, 0.05) is 6.08 Å². The maximum absolute atomic E-state index is 10.4. The Labute approximate surface area is 111 Å². The van der Waals surface area contributed by atoms with Gasteiger partial charge in [-0.2, -0.15) is 0 Å². The van der Waals surface area contributed by atoms with Gasteiger partial charge in [-0.1, -0.05) is 23.2 Å². The van der Waals surface area contributed by atoms with E-state index in [9.17, 15) is 4.79 Å². The number of hydrogen-bond acceptors (Lipinski definition) is 2. The van der Waals surface area contributed by atoms with Crippen molar-refractivity contribution in [1.82, 2.24) is 0 Å². The quantitative estimate of drug-likeness (QED) is 0.652. The first-order valence-corrected chi connectivity index (χ1v) is 5.83. The topological polar surface area (TPSA) is 46.5 Å². The molecule has 0 radical (unpaired) electrons. The maximum Gasteiger partial charge on any atom is 0.328 e. The molecule has 0 aliphatic rings. The number of ether oxygens (including phenoxy) is 1. The van der Waals surface area contributed by atoms with Crippen LogP contribution in [0.25, 0.3) is 6.08 Å². The molecular weight excluding hydrogens is 252 g/mol. The van der Waals surface area contributed by atoms with E-state index < -0.39 is 5.97 Å². The smallest absolute Gasteiger partial charge is 0.328 e. The number of aliphatic carboxylic acids is 1. The third-order valence-corrected chi connectivity index (χ3v) is 2.40. The number of carboxylic acids is 1. The van der Waals surface area contributed by atoms with E-state index in [0.717, 1.165) is 11.6 Å². The fourth-order valence-corrected chi connectivity index (χ4v) is 1.45. The lowest BCUT2D eigenvalue weighted by Gasteiger charge is -2.06. The second-order valence-electron chi connectivity index (χ2n) is 3.95. The van der Waals surface area contributed by atoms with E-state index in [-0.39, 0.29) is 0 Å². The van der Waals surface area contributed by atoms with Crippen molar-refractivity contribution in [2.75, 3.05) is 6.61 Å². The zero-order valence-electron chi connectivity index (χ0n) is 10.3. The molecule has 0 fully saturated rings. The molecule has 0 amide bonds. The summed E-state index contributed by atoms with van der Waals surface area (Å²) in [5.41, 5.74) is 1.89. The summed E-state index contributed by atoms with van der Waals surface area (Å²) in [7, 11) is 0. The molecule has 0 heterocycles. The molecule has 0 aromatic heterocycles. The van der Waals surface area contributed by atoms with E-state index in [1.54, 1.807) is 18.2 Å². The van der Waals surface area contributed by atoms with Crippen LogP contribution < -0.4 is 4.74 Å². The summed E-state index contributed by atoms with van der Waals surface area (Å²) in [4.78, 5) is 10.4. The number of hydrogen-bond donors (Lipinski definition) is 1. The van der Waals surface area contributed by atoms with Crippen LogP contribution in [0, 0.1) is 0 Å². The minimum Gasteiger partial charge on any atom is -0.488 e. The van der Waals surface area contributed by atoms with Gasteiger partial charge in [-0.25, -0.2) is 4.79 Å². The first kappa shape index (κ1) is 14.3. The predicted molar refractivity (Wildman–Crippen MR) is 73.0 cm³/mol. The van der Waals surface area contributed by atoms with E-state index in [1.807, 2.05) is 19.9 Å². The molecule has 0 saturated heterocycles. The highest BCUT2D eigenvalue weighted by molar-refractivity contribution is 6.32. The van der Waals surface area contributed by atoms with Crippen molar-refractivity contribution >= 4 is 23.6 Å². The van der Waals surface area contributed by atoms with Crippen LogP contribution >= 0.6 is 11.6 Å². The fourth-order valence-electron chi connectivity index (χ4n) is 1.20. The highest BCUT2D eigenvalue weighted by Gasteiger charge is 2.01. The Morgan fingerprint density at radius 1 is 1.44 bits per heavy atom. The largest absolute Gasteiger partial charge is 0.488 e. The van der Waals surface area contributed by atoms with E-state index in [1.165, 1.54) is 11.6 Å². The van der Waals surface area contributed by atoms with E-state index >= 15 is 0 Å². The molecule has 3 nitrogen and oxygen atoms in total. The van der Waals surface area contributed by atoms with Crippen LogP contribution in [0.1, 0.15) is 19.4 Å². The summed E-state index contributed by atoms with van der Waals surface area (Å²) in [6.07, 6.45) is 4.50. The number of halogens is 1. The molecule has 0 unspecified atom stereocenters. The third-order valence-electron chi connectivity index (χ3n) is 2.10. The molecule has 1 aromatic carbocycles. The Balaban J connectivity index is 2.73. The average Bonchev–Trinajstić information content (AvgIpc) is 2.28. The van der Waals surface area contributed by atoms with Gasteiger partial charge in [0.25, 0.3) is 0 Å². The van der Waals surface area contributed by atoms with Crippen LogP contribution in [-0.2, 0) is 4.79 Å². The predicted octanol–water partition coefficient (Wildman–Crippen LogP) is 3.78.